The Balaban J connectivity index is 1.80. The highest BCUT2D eigenvalue weighted by atomic mass is 16.5. The van der Waals surface area contributed by atoms with E-state index in [1.165, 1.54) is 25.7 Å². The molecule has 1 saturated carbocycles. The number of hydrogen-bond acceptors (Lipinski definition) is 3. The van der Waals surface area contributed by atoms with Crippen LogP contribution in [0.15, 0.2) is 15.6 Å². The first kappa shape index (κ1) is 16.8. The van der Waals surface area contributed by atoms with Crippen molar-refractivity contribution in [3.8, 4) is 0 Å². The second-order valence-corrected chi connectivity index (χ2v) is 7.38. The fourth-order valence-electron chi connectivity index (χ4n) is 2.79. The highest BCUT2D eigenvalue weighted by molar-refractivity contribution is 5.79. The van der Waals surface area contributed by atoms with Crippen LogP contribution in [0.3, 0.4) is 0 Å². The maximum absolute atomic E-state index is 5.34. The SMILES string of the molecule is CN=C(NCc1cc(C(C)C)no1)NC1CCC(C)(C)CC1. The standard InChI is InChI=1S/C17H30N4O/c1-12(2)15-10-14(22-21-15)11-19-16(18-5)20-13-6-8-17(3,4)9-7-13/h10,12-13H,6-9,11H2,1-5H3,(H2,18,19,20). The third-order valence-corrected chi connectivity index (χ3v) is 4.50. The van der Waals surface area contributed by atoms with Crippen LogP contribution in [-0.2, 0) is 6.54 Å². The molecule has 0 bridgehead atoms. The van der Waals surface area contributed by atoms with E-state index in [1.54, 1.807) is 0 Å². The van der Waals surface area contributed by atoms with Crippen molar-refractivity contribution >= 4 is 5.96 Å². The normalized spacial score (nSPS) is 19.5. The van der Waals surface area contributed by atoms with Gasteiger partial charge in [0.25, 0.3) is 0 Å². The molecule has 2 N–H and O–H groups in total. The van der Waals surface area contributed by atoms with Crippen LogP contribution in [0.1, 0.15) is 70.8 Å². The molecule has 2 rings (SSSR count). The van der Waals surface area contributed by atoms with Crippen LogP contribution in [0.5, 0.6) is 0 Å². The summed E-state index contributed by atoms with van der Waals surface area (Å²) in [5.74, 6) is 2.07. The summed E-state index contributed by atoms with van der Waals surface area (Å²) in [6.45, 7) is 9.54. The molecule has 22 heavy (non-hydrogen) atoms. The Bertz CT molecular complexity index is 495. The minimum atomic E-state index is 0.389. The molecule has 0 radical (unpaired) electrons. The lowest BCUT2D eigenvalue weighted by molar-refractivity contribution is 0.216. The van der Waals surface area contributed by atoms with Gasteiger partial charge in [0, 0.05) is 19.2 Å². The quantitative estimate of drug-likeness (QED) is 0.661. The molecule has 5 heteroatoms. The summed E-state index contributed by atoms with van der Waals surface area (Å²) in [6.07, 6.45) is 4.93. The molecule has 5 nitrogen and oxygen atoms in total. The molecule has 0 spiro atoms. The van der Waals surface area contributed by atoms with E-state index in [2.05, 4.69) is 48.5 Å². The Morgan fingerprint density at radius 1 is 1.41 bits per heavy atom. The highest BCUT2D eigenvalue weighted by Gasteiger charge is 2.27. The summed E-state index contributed by atoms with van der Waals surface area (Å²) >= 11 is 0. The molecule has 0 aliphatic heterocycles. The van der Waals surface area contributed by atoms with Gasteiger partial charge in [-0.25, -0.2) is 0 Å². The van der Waals surface area contributed by atoms with Crippen molar-refractivity contribution in [2.24, 2.45) is 10.4 Å². The zero-order valence-corrected chi connectivity index (χ0v) is 14.6. The average molecular weight is 306 g/mol. The van der Waals surface area contributed by atoms with Crippen LogP contribution in [0.25, 0.3) is 0 Å². The monoisotopic (exact) mass is 306 g/mol. The van der Waals surface area contributed by atoms with Gasteiger partial charge in [0.15, 0.2) is 11.7 Å². The predicted octanol–water partition coefficient (Wildman–Crippen LogP) is 3.43. The van der Waals surface area contributed by atoms with Crippen LogP contribution in [0.4, 0.5) is 0 Å². The summed E-state index contributed by atoms with van der Waals surface area (Å²) in [7, 11) is 1.81. The largest absolute Gasteiger partial charge is 0.359 e. The lowest BCUT2D eigenvalue weighted by Crippen LogP contribution is -2.45. The van der Waals surface area contributed by atoms with Gasteiger partial charge in [0.05, 0.1) is 12.2 Å². The molecular weight excluding hydrogens is 276 g/mol. The maximum Gasteiger partial charge on any atom is 0.191 e. The van der Waals surface area contributed by atoms with Gasteiger partial charge in [-0.15, -0.1) is 0 Å². The smallest absolute Gasteiger partial charge is 0.191 e. The van der Waals surface area contributed by atoms with Crippen LogP contribution in [0.2, 0.25) is 0 Å². The number of nitrogens with zero attached hydrogens (tertiary/aromatic N) is 2. The van der Waals surface area contributed by atoms with Gasteiger partial charge in [-0.05, 0) is 37.0 Å². The lowest BCUT2D eigenvalue weighted by atomic mass is 9.75. The van der Waals surface area contributed by atoms with Crippen molar-refractivity contribution in [2.45, 2.75) is 71.9 Å². The number of nitrogens with one attached hydrogen (secondary N) is 2. The molecule has 0 saturated heterocycles. The van der Waals surface area contributed by atoms with Gasteiger partial charge >= 0.3 is 0 Å². The minimum Gasteiger partial charge on any atom is -0.359 e. The molecule has 0 atom stereocenters. The van der Waals surface area contributed by atoms with Crippen LogP contribution < -0.4 is 10.6 Å². The molecule has 0 unspecified atom stereocenters. The van der Waals surface area contributed by atoms with Gasteiger partial charge < -0.3 is 15.2 Å². The number of guanidine groups is 1. The Morgan fingerprint density at radius 3 is 2.64 bits per heavy atom. The highest BCUT2D eigenvalue weighted by Crippen LogP contribution is 2.34. The van der Waals surface area contributed by atoms with E-state index in [1.807, 2.05) is 13.1 Å². The lowest BCUT2D eigenvalue weighted by Gasteiger charge is -2.35. The van der Waals surface area contributed by atoms with E-state index in [-0.39, 0.29) is 0 Å². The third-order valence-electron chi connectivity index (χ3n) is 4.50. The summed E-state index contributed by atoms with van der Waals surface area (Å²) in [5.41, 5.74) is 1.48. The van der Waals surface area contributed by atoms with E-state index in [0.717, 1.165) is 17.4 Å². The van der Waals surface area contributed by atoms with E-state index in [4.69, 9.17) is 4.52 Å². The van der Waals surface area contributed by atoms with Crippen LogP contribution in [0, 0.1) is 5.41 Å². The van der Waals surface area contributed by atoms with Crippen LogP contribution >= 0.6 is 0 Å². The Labute approximate surface area is 133 Å². The molecule has 1 aromatic heterocycles. The molecule has 0 amide bonds. The van der Waals surface area contributed by atoms with Gasteiger partial charge in [-0.3, -0.25) is 4.99 Å². The molecular formula is C17H30N4O. The van der Waals surface area contributed by atoms with Gasteiger partial charge in [-0.1, -0.05) is 32.9 Å². The van der Waals surface area contributed by atoms with Crippen molar-refractivity contribution in [3.63, 3.8) is 0 Å². The van der Waals surface area contributed by atoms with Crippen molar-refractivity contribution in [3.05, 3.63) is 17.5 Å². The first-order valence-corrected chi connectivity index (χ1v) is 8.32. The topological polar surface area (TPSA) is 62.5 Å². The molecule has 124 valence electrons. The minimum absolute atomic E-state index is 0.389. The van der Waals surface area contributed by atoms with E-state index in [9.17, 15) is 0 Å². The van der Waals surface area contributed by atoms with Crippen molar-refractivity contribution in [2.75, 3.05) is 7.05 Å². The molecule has 0 aromatic carbocycles. The van der Waals surface area contributed by atoms with Crippen molar-refractivity contribution in [1.82, 2.24) is 15.8 Å². The fraction of sp³-hybridized carbons (Fsp3) is 0.765. The molecule has 1 aliphatic carbocycles. The Kier molecular flexibility index (Phi) is 5.48. The number of hydrogen-bond donors (Lipinski definition) is 2. The zero-order valence-electron chi connectivity index (χ0n) is 14.6. The van der Waals surface area contributed by atoms with Crippen molar-refractivity contribution < 1.29 is 4.52 Å². The van der Waals surface area contributed by atoms with E-state index < -0.39 is 0 Å². The average Bonchev–Trinajstić information content (AvgIpc) is 2.94. The van der Waals surface area contributed by atoms with Crippen molar-refractivity contribution in [1.29, 1.82) is 0 Å². The van der Waals surface area contributed by atoms with Gasteiger partial charge in [-0.2, -0.15) is 0 Å². The summed E-state index contributed by atoms with van der Waals surface area (Å²) in [6, 6.07) is 2.52. The second-order valence-electron chi connectivity index (χ2n) is 7.38. The van der Waals surface area contributed by atoms with Gasteiger partial charge in [0.2, 0.25) is 0 Å². The summed E-state index contributed by atoms with van der Waals surface area (Å²) < 4.78 is 5.34. The van der Waals surface area contributed by atoms with Crippen LogP contribution in [-0.4, -0.2) is 24.2 Å². The predicted molar refractivity (Wildman–Crippen MR) is 90.0 cm³/mol. The first-order chi connectivity index (χ1) is 10.4. The fourth-order valence-corrected chi connectivity index (χ4v) is 2.79. The molecule has 1 heterocycles. The molecule has 1 fully saturated rings. The Morgan fingerprint density at radius 2 is 2.09 bits per heavy atom. The number of aromatic nitrogens is 1. The molecule has 1 aromatic rings. The first-order valence-electron chi connectivity index (χ1n) is 8.32. The van der Waals surface area contributed by atoms with Gasteiger partial charge in [0.1, 0.15) is 0 Å². The Hall–Kier alpha value is -1.52. The third kappa shape index (κ3) is 4.75. The second kappa shape index (κ2) is 7.16. The van der Waals surface area contributed by atoms with E-state index in [0.29, 0.717) is 23.9 Å². The zero-order chi connectivity index (χ0) is 16.2. The summed E-state index contributed by atoms with van der Waals surface area (Å²) in [4.78, 5) is 4.31. The van der Waals surface area contributed by atoms with E-state index >= 15 is 0 Å². The molecule has 1 aliphatic rings. The number of aliphatic imine (C=N–C) groups is 1. The summed E-state index contributed by atoms with van der Waals surface area (Å²) in [5, 5.41) is 10.9. The maximum atomic E-state index is 5.34. The number of rotatable bonds is 4.